The zero-order chi connectivity index (χ0) is 11.8. The van der Waals surface area contributed by atoms with Gasteiger partial charge in [-0.2, -0.15) is 0 Å². The maximum absolute atomic E-state index is 11.3. The standard InChI is InChI=1S/C13H19NO2/c1-11(15)7-8-13(16)14-10-9-12-5-3-2-4-6-12/h2-6,11,15H,7-10H2,1H3,(H,14,16). The molecule has 0 aliphatic rings. The third-order valence-corrected chi connectivity index (χ3v) is 2.37. The summed E-state index contributed by atoms with van der Waals surface area (Å²) >= 11 is 0. The number of hydrogen-bond donors (Lipinski definition) is 2. The number of nitrogens with one attached hydrogen (secondary N) is 1. The van der Waals surface area contributed by atoms with E-state index in [0.717, 1.165) is 6.42 Å². The van der Waals surface area contributed by atoms with Gasteiger partial charge in [0.25, 0.3) is 0 Å². The fourth-order valence-corrected chi connectivity index (χ4v) is 1.42. The van der Waals surface area contributed by atoms with Gasteiger partial charge in [-0.05, 0) is 25.3 Å². The molecule has 0 aromatic heterocycles. The Bertz CT molecular complexity index is 309. The molecule has 1 amide bonds. The van der Waals surface area contributed by atoms with Crippen molar-refractivity contribution < 1.29 is 9.90 Å². The van der Waals surface area contributed by atoms with Crippen molar-refractivity contribution in [2.45, 2.75) is 32.3 Å². The number of benzene rings is 1. The first kappa shape index (κ1) is 12.7. The summed E-state index contributed by atoms with van der Waals surface area (Å²) in [6.45, 7) is 2.35. The highest BCUT2D eigenvalue weighted by molar-refractivity contribution is 5.75. The molecular weight excluding hydrogens is 202 g/mol. The van der Waals surface area contributed by atoms with Crippen LogP contribution in [-0.4, -0.2) is 23.7 Å². The SMILES string of the molecule is CC(O)CCC(=O)NCCc1ccccc1. The first-order valence-electron chi connectivity index (χ1n) is 5.67. The van der Waals surface area contributed by atoms with Crippen LogP contribution in [0.1, 0.15) is 25.3 Å². The minimum absolute atomic E-state index is 0.0110. The Morgan fingerprint density at radius 1 is 1.38 bits per heavy atom. The Balaban J connectivity index is 2.13. The molecule has 88 valence electrons. The highest BCUT2D eigenvalue weighted by Crippen LogP contribution is 1.99. The summed E-state index contributed by atoms with van der Waals surface area (Å²) in [4.78, 5) is 11.3. The van der Waals surface area contributed by atoms with Gasteiger partial charge >= 0.3 is 0 Å². The first-order valence-corrected chi connectivity index (χ1v) is 5.67. The average molecular weight is 221 g/mol. The van der Waals surface area contributed by atoms with Crippen LogP contribution in [-0.2, 0) is 11.2 Å². The van der Waals surface area contributed by atoms with Crippen LogP contribution in [0.3, 0.4) is 0 Å². The van der Waals surface area contributed by atoms with Gasteiger partial charge < -0.3 is 10.4 Å². The van der Waals surface area contributed by atoms with Gasteiger partial charge in [-0.15, -0.1) is 0 Å². The van der Waals surface area contributed by atoms with E-state index in [0.29, 0.717) is 19.4 Å². The number of hydrogen-bond acceptors (Lipinski definition) is 2. The van der Waals surface area contributed by atoms with E-state index in [1.54, 1.807) is 6.92 Å². The molecule has 3 heteroatoms. The second-order valence-corrected chi connectivity index (χ2v) is 3.97. The van der Waals surface area contributed by atoms with Gasteiger partial charge in [0, 0.05) is 13.0 Å². The second kappa shape index (κ2) is 7.01. The Morgan fingerprint density at radius 3 is 2.69 bits per heavy atom. The van der Waals surface area contributed by atoms with E-state index < -0.39 is 6.10 Å². The van der Waals surface area contributed by atoms with Gasteiger partial charge in [0.05, 0.1) is 6.10 Å². The van der Waals surface area contributed by atoms with Crippen molar-refractivity contribution in [2.75, 3.05) is 6.54 Å². The molecule has 1 aromatic carbocycles. The van der Waals surface area contributed by atoms with E-state index in [1.165, 1.54) is 5.56 Å². The van der Waals surface area contributed by atoms with Gasteiger partial charge in [-0.25, -0.2) is 0 Å². The van der Waals surface area contributed by atoms with Crippen molar-refractivity contribution >= 4 is 5.91 Å². The minimum Gasteiger partial charge on any atom is -0.393 e. The van der Waals surface area contributed by atoms with Crippen LogP contribution in [0.4, 0.5) is 0 Å². The predicted molar refractivity (Wildman–Crippen MR) is 64.1 cm³/mol. The van der Waals surface area contributed by atoms with Crippen molar-refractivity contribution in [1.82, 2.24) is 5.32 Å². The predicted octanol–water partition coefficient (Wildman–Crippen LogP) is 1.51. The van der Waals surface area contributed by atoms with Crippen LogP contribution in [0.2, 0.25) is 0 Å². The summed E-state index contributed by atoms with van der Waals surface area (Å²) in [6.07, 6.45) is 1.37. The summed E-state index contributed by atoms with van der Waals surface area (Å²) < 4.78 is 0. The molecule has 0 fully saturated rings. The van der Waals surface area contributed by atoms with Crippen molar-refractivity contribution in [3.8, 4) is 0 Å². The zero-order valence-corrected chi connectivity index (χ0v) is 9.65. The maximum atomic E-state index is 11.3. The number of rotatable bonds is 6. The van der Waals surface area contributed by atoms with E-state index >= 15 is 0 Å². The summed E-state index contributed by atoms with van der Waals surface area (Å²) in [5.41, 5.74) is 1.22. The molecule has 16 heavy (non-hydrogen) atoms. The van der Waals surface area contributed by atoms with Gasteiger partial charge in [0.2, 0.25) is 5.91 Å². The number of aliphatic hydroxyl groups is 1. The lowest BCUT2D eigenvalue weighted by Crippen LogP contribution is -2.26. The molecule has 1 aromatic rings. The van der Waals surface area contributed by atoms with Crippen LogP contribution in [0.25, 0.3) is 0 Å². The molecule has 1 atom stereocenters. The minimum atomic E-state index is -0.403. The lowest BCUT2D eigenvalue weighted by atomic mass is 10.1. The van der Waals surface area contributed by atoms with E-state index in [-0.39, 0.29) is 5.91 Å². The normalized spacial score (nSPS) is 12.1. The molecule has 0 aliphatic heterocycles. The van der Waals surface area contributed by atoms with Crippen LogP contribution in [0, 0.1) is 0 Å². The average Bonchev–Trinajstić information content (AvgIpc) is 2.28. The van der Waals surface area contributed by atoms with Crippen molar-refractivity contribution in [2.24, 2.45) is 0 Å². The fraction of sp³-hybridized carbons (Fsp3) is 0.462. The van der Waals surface area contributed by atoms with Crippen LogP contribution in [0.5, 0.6) is 0 Å². The number of amides is 1. The Labute approximate surface area is 96.5 Å². The van der Waals surface area contributed by atoms with Crippen LogP contribution in [0.15, 0.2) is 30.3 Å². The third-order valence-electron chi connectivity index (χ3n) is 2.37. The zero-order valence-electron chi connectivity index (χ0n) is 9.65. The van der Waals surface area contributed by atoms with E-state index in [9.17, 15) is 4.79 Å². The molecule has 0 spiro atoms. The summed E-state index contributed by atoms with van der Waals surface area (Å²) in [5, 5.41) is 11.9. The number of aliphatic hydroxyl groups excluding tert-OH is 1. The molecule has 0 saturated heterocycles. The smallest absolute Gasteiger partial charge is 0.220 e. The topological polar surface area (TPSA) is 49.3 Å². The summed E-state index contributed by atoms with van der Waals surface area (Å²) in [7, 11) is 0. The molecule has 1 unspecified atom stereocenters. The van der Waals surface area contributed by atoms with Gasteiger partial charge in [0.15, 0.2) is 0 Å². The molecular formula is C13H19NO2. The number of carbonyl (C=O) groups excluding carboxylic acids is 1. The maximum Gasteiger partial charge on any atom is 0.220 e. The third kappa shape index (κ3) is 5.51. The second-order valence-electron chi connectivity index (χ2n) is 3.97. The van der Waals surface area contributed by atoms with Crippen molar-refractivity contribution in [3.05, 3.63) is 35.9 Å². The fourth-order valence-electron chi connectivity index (χ4n) is 1.42. The van der Waals surface area contributed by atoms with Gasteiger partial charge in [-0.1, -0.05) is 30.3 Å². The molecule has 0 heterocycles. The lowest BCUT2D eigenvalue weighted by molar-refractivity contribution is -0.121. The molecule has 0 radical (unpaired) electrons. The Hall–Kier alpha value is -1.35. The lowest BCUT2D eigenvalue weighted by Gasteiger charge is -2.06. The summed E-state index contributed by atoms with van der Waals surface area (Å²) in [6, 6.07) is 10.0. The molecule has 3 nitrogen and oxygen atoms in total. The highest BCUT2D eigenvalue weighted by Gasteiger charge is 2.03. The van der Waals surface area contributed by atoms with Crippen molar-refractivity contribution in [1.29, 1.82) is 0 Å². The molecule has 0 aliphatic carbocycles. The first-order chi connectivity index (χ1) is 7.68. The van der Waals surface area contributed by atoms with Crippen LogP contribution < -0.4 is 5.32 Å². The van der Waals surface area contributed by atoms with Crippen molar-refractivity contribution in [3.63, 3.8) is 0 Å². The van der Waals surface area contributed by atoms with E-state index in [1.807, 2.05) is 30.3 Å². The Kier molecular flexibility index (Phi) is 5.57. The molecule has 0 bridgehead atoms. The van der Waals surface area contributed by atoms with Gasteiger partial charge in [-0.3, -0.25) is 4.79 Å². The molecule has 2 N–H and O–H groups in total. The monoisotopic (exact) mass is 221 g/mol. The largest absolute Gasteiger partial charge is 0.393 e. The number of carbonyl (C=O) groups is 1. The van der Waals surface area contributed by atoms with Gasteiger partial charge in [0.1, 0.15) is 0 Å². The summed E-state index contributed by atoms with van der Waals surface area (Å²) in [5.74, 6) is 0.0110. The Morgan fingerprint density at radius 2 is 2.06 bits per heavy atom. The van der Waals surface area contributed by atoms with E-state index in [4.69, 9.17) is 5.11 Å². The quantitative estimate of drug-likeness (QED) is 0.765. The highest BCUT2D eigenvalue weighted by atomic mass is 16.3. The molecule has 0 saturated carbocycles. The van der Waals surface area contributed by atoms with Crippen LogP contribution >= 0.6 is 0 Å². The molecule has 1 rings (SSSR count). The van der Waals surface area contributed by atoms with E-state index in [2.05, 4.69) is 5.32 Å².